The Labute approximate surface area is 83.3 Å². The first kappa shape index (κ1) is 9.06. The monoisotopic (exact) mass is 196 g/mol. The molecule has 13 heavy (non-hydrogen) atoms. The summed E-state index contributed by atoms with van der Waals surface area (Å²) in [6, 6.07) is 8.16. The summed E-state index contributed by atoms with van der Waals surface area (Å²) in [5.74, 6) is 0.770. The van der Waals surface area contributed by atoms with Gasteiger partial charge in [0.25, 0.3) is 0 Å². The lowest BCUT2D eigenvalue weighted by atomic mass is 10.1. The number of thiol groups is 1. The van der Waals surface area contributed by atoms with Gasteiger partial charge in [-0.05, 0) is 5.56 Å². The van der Waals surface area contributed by atoms with Crippen LogP contribution in [0.3, 0.4) is 0 Å². The minimum atomic E-state index is -0.158. The molecule has 1 aromatic carbocycles. The summed E-state index contributed by atoms with van der Waals surface area (Å²) in [6.45, 7) is 1.39. The van der Waals surface area contributed by atoms with Crippen molar-refractivity contribution < 1.29 is 9.47 Å². The second-order valence-corrected chi connectivity index (χ2v) is 3.29. The molecule has 1 aromatic rings. The van der Waals surface area contributed by atoms with E-state index in [9.17, 15) is 0 Å². The maximum atomic E-state index is 5.37. The van der Waals surface area contributed by atoms with E-state index >= 15 is 0 Å². The zero-order valence-electron chi connectivity index (χ0n) is 7.27. The van der Waals surface area contributed by atoms with Crippen LogP contribution in [-0.2, 0) is 15.2 Å². The second kappa shape index (κ2) is 4.13. The van der Waals surface area contributed by atoms with Crippen molar-refractivity contribution in [3.63, 3.8) is 0 Å². The average Bonchev–Trinajstić information content (AvgIpc) is 2.71. The molecule has 1 heterocycles. The fraction of sp³-hybridized carbons (Fsp3) is 0.400. The zero-order valence-corrected chi connectivity index (χ0v) is 8.17. The van der Waals surface area contributed by atoms with Crippen molar-refractivity contribution in [2.75, 3.05) is 13.2 Å². The minimum absolute atomic E-state index is 0.158. The van der Waals surface area contributed by atoms with Crippen LogP contribution >= 0.6 is 12.6 Å². The third-order valence-electron chi connectivity index (χ3n) is 2.06. The van der Waals surface area contributed by atoms with E-state index in [0.717, 1.165) is 11.3 Å². The Balaban J connectivity index is 2.12. The number of hydrogen-bond donors (Lipinski definition) is 1. The Morgan fingerprint density at radius 1 is 1.15 bits per heavy atom. The van der Waals surface area contributed by atoms with Crippen LogP contribution in [0.25, 0.3) is 0 Å². The molecular weight excluding hydrogens is 184 g/mol. The molecule has 0 saturated carbocycles. The van der Waals surface area contributed by atoms with Crippen molar-refractivity contribution in [1.29, 1.82) is 0 Å². The van der Waals surface area contributed by atoms with Gasteiger partial charge in [-0.3, -0.25) is 0 Å². The molecule has 0 radical (unpaired) electrons. The van der Waals surface area contributed by atoms with Crippen molar-refractivity contribution in [3.8, 4) is 0 Å². The molecule has 70 valence electrons. The van der Waals surface area contributed by atoms with Gasteiger partial charge in [-0.15, -0.1) is 0 Å². The van der Waals surface area contributed by atoms with Crippen molar-refractivity contribution in [1.82, 2.24) is 0 Å². The first-order chi connectivity index (χ1) is 6.40. The quantitative estimate of drug-likeness (QED) is 0.731. The molecule has 3 heteroatoms. The first-order valence-corrected chi connectivity index (χ1v) is 4.96. The van der Waals surface area contributed by atoms with Gasteiger partial charge in [-0.25, -0.2) is 0 Å². The highest BCUT2D eigenvalue weighted by Crippen LogP contribution is 2.23. The van der Waals surface area contributed by atoms with Crippen LogP contribution in [-0.4, -0.2) is 13.2 Å². The lowest BCUT2D eigenvalue weighted by molar-refractivity contribution is -0.0441. The number of hydrogen-bond acceptors (Lipinski definition) is 3. The van der Waals surface area contributed by atoms with Crippen LogP contribution in [0.4, 0.5) is 0 Å². The predicted molar refractivity (Wildman–Crippen MR) is 53.8 cm³/mol. The van der Waals surface area contributed by atoms with Gasteiger partial charge in [-0.1, -0.05) is 24.3 Å². The number of benzene rings is 1. The molecule has 2 rings (SSSR count). The SMILES string of the molecule is SCc1ccc(C2OCCO2)cc1. The second-order valence-electron chi connectivity index (χ2n) is 2.97. The largest absolute Gasteiger partial charge is 0.346 e. The summed E-state index contributed by atoms with van der Waals surface area (Å²) >= 11 is 4.19. The van der Waals surface area contributed by atoms with E-state index < -0.39 is 0 Å². The van der Waals surface area contributed by atoms with Gasteiger partial charge < -0.3 is 9.47 Å². The fourth-order valence-electron chi connectivity index (χ4n) is 1.33. The Bertz CT molecular complexity index is 265. The van der Waals surface area contributed by atoms with E-state index in [0.29, 0.717) is 13.2 Å². The fourth-order valence-corrected chi connectivity index (χ4v) is 1.54. The molecule has 2 nitrogen and oxygen atoms in total. The van der Waals surface area contributed by atoms with Crippen molar-refractivity contribution >= 4 is 12.6 Å². The van der Waals surface area contributed by atoms with Gasteiger partial charge in [0.15, 0.2) is 6.29 Å². The third kappa shape index (κ3) is 2.05. The minimum Gasteiger partial charge on any atom is -0.346 e. The van der Waals surface area contributed by atoms with Crippen LogP contribution in [0.2, 0.25) is 0 Å². The van der Waals surface area contributed by atoms with E-state index in [4.69, 9.17) is 9.47 Å². The molecule has 0 bridgehead atoms. The Hall–Kier alpha value is -0.510. The molecule has 1 saturated heterocycles. The van der Waals surface area contributed by atoms with Gasteiger partial charge in [0.05, 0.1) is 13.2 Å². The Morgan fingerprint density at radius 3 is 2.31 bits per heavy atom. The molecular formula is C10H12O2S. The zero-order chi connectivity index (χ0) is 9.10. The van der Waals surface area contributed by atoms with Gasteiger partial charge in [0, 0.05) is 11.3 Å². The van der Waals surface area contributed by atoms with Gasteiger partial charge >= 0.3 is 0 Å². The molecule has 1 aliphatic heterocycles. The van der Waals surface area contributed by atoms with Crippen LogP contribution in [0.5, 0.6) is 0 Å². The summed E-state index contributed by atoms with van der Waals surface area (Å²) in [5.41, 5.74) is 2.30. The van der Waals surface area contributed by atoms with Gasteiger partial charge in [0.2, 0.25) is 0 Å². The van der Waals surface area contributed by atoms with Crippen LogP contribution in [0, 0.1) is 0 Å². The van der Waals surface area contributed by atoms with Gasteiger partial charge in [0.1, 0.15) is 0 Å². The van der Waals surface area contributed by atoms with Crippen LogP contribution < -0.4 is 0 Å². The van der Waals surface area contributed by atoms with E-state index in [1.54, 1.807) is 0 Å². The van der Waals surface area contributed by atoms with E-state index in [2.05, 4.69) is 12.6 Å². The number of ether oxygens (including phenoxy) is 2. The highest BCUT2D eigenvalue weighted by molar-refractivity contribution is 7.79. The summed E-state index contributed by atoms with van der Waals surface area (Å²) in [4.78, 5) is 0. The van der Waals surface area contributed by atoms with E-state index in [1.165, 1.54) is 5.56 Å². The molecule has 1 aliphatic rings. The average molecular weight is 196 g/mol. The molecule has 1 fully saturated rings. The standard InChI is InChI=1S/C10H12O2S/c13-7-8-1-3-9(4-2-8)10-11-5-6-12-10/h1-4,10,13H,5-7H2. The molecule has 0 N–H and O–H groups in total. The van der Waals surface area contributed by atoms with Crippen molar-refractivity contribution in [3.05, 3.63) is 35.4 Å². The molecule has 0 aromatic heterocycles. The lowest BCUT2D eigenvalue weighted by Gasteiger charge is -2.09. The predicted octanol–water partition coefficient (Wildman–Crippen LogP) is 2.16. The summed E-state index contributed by atoms with van der Waals surface area (Å²) in [5, 5.41) is 0. The molecule has 0 atom stereocenters. The topological polar surface area (TPSA) is 18.5 Å². The maximum Gasteiger partial charge on any atom is 0.184 e. The molecule has 0 spiro atoms. The Kier molecular flexibility index (Phi) is 2.88. The molecule has 0 aliphatic carbocycles. The normalized spacial score (nSPS) is 17.9. The summed E-state index contributed by atoms with van der Waals surface area (Å²) in [6.07, 6.45) is -0.158. The van der Waals surface area contributed by atoms with Crippen molar-refractivity contribution in [2.45, 2.75) is 12.0 Å². The van der Waals surface area contributed by atoms with Gasteiger partial charge in [-0.2, -0.15) is 12.6 Å². The Morgan fingerprint density at radius 2 is 1.77 bits per heavy atom. The molecule has 0 amide bonds. The smallest absolute Gasteiger partial charge is 0.184 e. The first-order valence-electron chi connectivity index (χ1n) is 4.33. The van der Waals surface area contributed by atoms with Crippen LogP contribution in [0.1, 0.15) is 17.4 Å². The molecule has 0 unspecified atom stereocenters. The summed E-state index contributed by atoms with van der Waals surface area (Å²) < 4.78 is 10.7. The maximum absolute atomic E-state index is 5.37. The van der Waals surface area contributed by atoms with Crippen LogP contribution in [0.15, 0.2) is 24.3 Å². The summed E-state index contributed by atoms with van der Waals surface area (Å²) in [7, 11) is 0. The van der Waals surface area contributed by atoms with E-state index in [-0.39, 0.29) is 6.29 Å². The lowest BCUT2D eigenvalue weighted by Crippen LogP contribution is -1.97. The third-order valence-corrected chi connectivity index (χ3v) is 2.42. The highest BCUT2D eigenvalue weighted by Gasteiger charge is 2.17. The number of rotatable bonds is 2. The highest BCUT2D eigenvalue weighted by atomic mass is 32.1. The van der Waals surface area contributed by atoms with E-state index in [1.807, 2.05) is 24.3 Å². The van der Waals surface area contributed by atoms with Crippen molar-refractivity contribution in [2.24, 2.45) is 0 Å².